The molecule has 1 amide bonds. The first-order chi connectivity index (χ1) is 9.02. The third-order valence-electron chi connectivity index (χ3n) is 3.36. The molecule has 5 heteroatoms. The number of likely N-dealkylation sites (tertiary alicyclic amines) is 1. The number of hydrogen-bond donors (Lipinski definition) is 1. The molecule has 0 spiro atoms. The molecule has 1 heterocycles. The summed E-state index contributed by atoms with van der Waals surface area (Å²) in [5.41, 5.74) is 6.80. The van der Waals surface area contributed by atoms with Gasteiger partial charge >= 0.3 is 0 Å². The second-order valence-electron chi connectivity index (χ2n) is 4.85. The zero-order chi connectivity index (χ0) is 14.0. The maximum Gasteiger partial charge on any atom is 0.263 e. The molecule has 5 nitrogen and oxygen atoms in total. The van der Waals surface area contributed by atoms with Crippen LogP contribution in [-0.2, 0) is 4.79 Å². The van der Waals surface area contributed by atoms with Crippen LogP contribution < -0.4 is 15.2 Å². The van der Waals surface area contributed by atoms with E-state index in [2.05, 4.69) is 0 Å². The molecule has 1 aliphatic rings. The SMILES string of the molecule is COc1ccc(C(C)N)c(OC2CCN(C)C2=O)c1. The van der Waals surface area contributed by atoms with E-state index >= 15 is 0 Å². The fourth-order valence-corrected chi connectivity index (χ4v) is 2.17. The van der Waals surface area contributed by atoms with Gasteiger partial charge in [0.05, 0.1) is 7.11 Å². The second-order valence-corrected chi connectivity index (χ2v) is 4.85. The van der Waals surface area contributed by atoms with Crippen LogP contribution in [0.2, 0.25) is 0 Å². The number of carbonyl (C=O) groups excluding carboxylic acids is 1. The van der Waals surface area contributed by atoms with E-state index in [9.17, 15) is 4.79 Å². The molecule has 2 N–H and O–H groups in total. The standard InChI is InChI=1S/C14H20N2O3/c1-9(15)11-5-4-10(18-3)8-13(11)19-12-6-7-16(2)14(12)17/h4-5,8-9,12H,6-7,15H2,1-3H3. The van der Waals surface area contributed by atoms with Gasteiger partial charge in [0, 0.05) is 37.7 Å². The highest BCUT2D eigenvalue weighted by Gasteiger charge is 2.31. The highest BCUT2D eigenvalue weighted by Crippen LogP contribution is 2.30. The van der Waals surface area contributed by atoms with Crippen molar-refractivity contribution in [2.45, 2.75) is 25.5 Å². The Morgan fingerprint density at radius 2 is 2.21 bits per heavy atom. The molecule has 1 aromatic rings. The average Bonchev–Trinajstić information content (AvgIpc) is 2.70. The second kappa shape index (κ2) is 5.48. The molecule has 1 aromatic carbocycles. The van der Waals surface area contributed by atoms with Gasteiger partial charge in [0.15, 0.2) is 6.10 Å². The van der Waals surface area contributed by atoms with E-state index in [0.717, 1.165) is 12.1 Å². The van der Waals surface area contributed by atoms with Crippen LogP contribution in [0.25, 0.3) is 0 Å². The number of rotatable bonds is 4. The van der Waals surface area contributed by atoms with Crippen LogP contribution >= 0.6 is 0 Å². The van der Waals surface area contributed by atoms with Gasteiger partial charge in [-0.25, -0.2) is 0 Å². The lowest BCUT2D eigenvalue weighted by molar-refractivity contribution is -0.132. The first kappa shape index (κ1) is 13.7. The van der Waals surface area contributed by atoms with Gasteiger partial charge in [-0.1, -0.05) is 6.07 Å². The Balaban J connectivity index is 2.25. The maximum absolute atomic E-state index is 11.9. The molecule has 0 aromatic heterocycles. The summed E-state index contributed by atoms with van der Waals surface area (Å²) in [6, 6.07) is 5.34. The van der Waals surface area contributed by atoms with E-state index in [1.54, 1.807) is 25.1 Å². The smallest absolute Gasteiger partial charge is 0.263 e. The minimum Gasteiger partial charge on any atom is -0.497 e. The first-order valence-electron chi connectivity index (χ1n) is 6.38. The average molecular weight is 264 g/mol. The van der Waals surface area contributed by atoms with E-state index in [1.165, 1.54) is 0 Å². The predicted octanol–water partition coefficient (Wildman–Crippen LogP) is 1.32. The molecule has 0 aliphatic carbocycles. The van der Waals surface area contributed by atoms with Crippen LogP contribution in [-0.4, -0.2) is 37.6 Å². The molecule has 1 fully saturated rings. The molecule has 0 saturated carbocycles. The molecule has 1 aliphatic heterocycles. The molecule has 104 valence electrons. The van der Waals surface area contributed by atoms with Gasteiger partial charge in [0.1, 0.15) is 11.5 Å². The summed E-state index contributed by atoms with van der Waals surface area (Å²) in [5.74, 6) is 1.33. The lowest BCUT2D eigenvalue weighted by atomic mass is 10.1. The third kappa shape index (κ3) is 2.81. The van der Waals surface area contributed by atoms with E-state index in [-0.39, 0.29) is 11.9 Å². The van der Waals surface area contributed by atoms with Crippen molar-refractivity contribution in [1.29, 1.82) is 0 Å². The van der Waals surface area contributed by atoms with Crippen molar-refractivity contribution in [3.05, 3.63) is 23.8 Å². The van der Waals surface area contributed by atoms with Gasteiger partial charge in [-0.3, -0.25) is 4.79 Å². The number of nitrogens with two attached hydrogens (primary N) is 1. The Kier molecular flexibility index (Phi) is 3.95. The van der Waals surface area contributed by atoms with E-state index < -0.39 is 6.10 Å². The summed E-state index contributed by atoms with van der Waals surface area (Å²) in [6.45, 7) is 2.61. The number of carbonyl (C=O) groups is 1. The van der Waals surface area contributed by atoms with Crippen LogP contribution in [0.1, 0.15) is 24.9 Å². The number of hydrogen-bond acceptors (Lipinski definition) is 4. The van der Waals surface area contributed by atoms with Crippen molar-refractivity contribution in [3.8, 4) is 11.5 Å². The van der Waals surface area contributed by atoms with Gasteiger partial charge in [0.2, 0.25) is 0 Å². The minimum absolute atomic E-state index is 0.0124. The Hall–Kier alpha value is -1.75. The van der Waals surface area contributed by atoms with Crippen LogP contribution in [0.5, 0.6) is 11.5 Å². The fraction of sp³-hybridized carbons (Fsp3) is 0.500. The zero-order valence-corrected chi connectivity index (χ0v) is 11.6. The number of amides is 1. The van der Waals surface area contributed by atoms with E-state index in [0.29, 0.717) is 17.9 Å². The van der Waals surface area contributed by atoms with Crippen molar-refractivity contribution < 1.29 is 14.3 Å². The molecule has 2 unspecified atom stereocenters. The molecular weight excluding hydrogens is 244 g/mol. The van der Waals surface area contributed by atoms with Crippen LogP contribution in [0.3, 0.4) is 0 Å². The molecule has 1 saturated heterocycles. The molecule has 0 radical (unpaired) electrons. The van der Waals surface area contributed by atoms with Crippen molar-refractivity contribution in [2.24, 2.45) is 5.73 Å². The van der Waals surface area contributed by atoms with Crippen molar-refractivity contribution >= 4 is 5.91 Å². The normalized spacial score (nSPS) is 20.5. The summed E-state index contributed by atoms with van der Waals surface area (Å²) in [5, 5.41) is 0. The number of likely N-dealkylation sites (N-methyl/N-ethyl adjacent to an activating group) is 1. The van der Waals surface area contributed by atoms with Gasteiger partial charge < -0.3 is 20.1 Å². The number of benzene rings is 1. The predicted molar refractivity (Wildman–Crippen MR) is 72.3 cm³/mol. The topological polar surface area (TPSA) is 64.8 Å². The molecule has 2 rings (SSSR count). The Bertz CT molecular complexity index is 474. The highest BCUT2D eigenvalue weighted by molar-refractivity contribution is 5.83. The fourth-order valence-electron chi connectivity index (χ4n) is 2.17. The van der Waals surface area contributed by atoms with Crippen LogP contribution in [0, 0.1) is 0 Å². The summed E-state index contributed by atoms with van der Waals surface area (Å²) in [6.07, 6.45) is 0.278. The van der Waals surface area contributed by atoms with E-state index in [4.69, 9.17) is 15.2 Å². The zero-order valence-electron chi connectivity index (χ0n) is 11.6. The summed E-state index contributed by atoms with van der Waals surface area (Å²) < 4.78 is 11.0. The number of nitrogens with zero attached hydrogens (tertiary/aromatic N) is 1. The van der Waals surface area contributed by atoms with Gasteiger partial charge in [-0.05, 0) is 13.0 Å². The molecule has 19 heavy (non-hydrogen) atoms. The van der Waals surface area contributed by atoms with Crippen molar-refractivity contribution in [2.75, 3.05) is 20.7 Å². The quantitative estimate of drug-likeness (QED) is 0.891. The number of methoxy groups -OCH3 is 1. The Morgan fingerprint density at radius 1 is 1.47 bits per heavy atom. The summed E-state index contributed by atoms with van der Waals surface area (Å²) in [7, 11) is 3.38. The summed E-state index contributed by atoms with van der Waals surface area (Å²) in [4.78, 5) is 13.6. The van der Waals surface area contributed by atoms with Crippen molar-refractivity contribution in [1.82, 2.24) is 4.90 Å². The van der Waals surface area contributed by atoms with Crippen LogP contribution in [0.15, 0.2) is 18.2 Å². The molecular formula is C14H20N2O3. The van der Waals surface area contributed by atoms with Gasteiger partial charge in [0.25, 0.3) is 5.91 Å². The monoisotopic (exact) mass is 264 g/mol. The largest absolute Gasteiger partial charge is 0.497 e. The lowest BCUT2D eigenvalue weighted by Gasteiger charge is -2.18. The molecule has 0 bridgehead atoms. The first-order valence-corrected chi connectivity index (χ1v) is 6.38. The Morgan fingerprint density at radius 3 is 2.74 bits per heavy atom. The lowest BCUT2D eigenvalue weighted by Crippen LogP contribution is -2.29. The molecule has 2 atom stereocenters. The van der Waals surface area contributed by atoms with Crippen LogP contribution in [0.4, 0.5) is 0 Å². The highest BCUT2D eigenvalue weighted by atomic mass is 16.5. The third-order valence-corrected chi connectivity index (χ3v) is 3.36. The van der Waals surface area contributed by atoms with Crippen molar-refractivity contribution in [3.63, 3.8) is 0 Å². The summed E-state index contributed by atoms with van der Waals surface area (Å²) >= 11 is 0. The Labute approximate surface area is 113 Å². The number of ether oxygens (including phenoxy) is 2. The van der Waals surface area contributed by atoms with Gasteiger partial charge in [-0.2, -0.15) is 0 Å². The minimum atomic E-state index is -0.422. The maximum atomic E-state index is 11.9. The van der Waals surface area contributed by atoms with E-state index in [1.807, 2.05) is 19.1 Å². The van der Waals surface area contributed by atoms with Gasteiger partial charge in [-0.15, -0.1) is 0 Å².